The minimum Gasteiger partial charge on any atom is -0.384 e. The van der Waals surface area contributed by atoms with Crippen molar-refractivity contribution < 1.29 is 9.53 Å². The molecule has 7 heteroatoms. The summed E-state index contributed by atoms with van der Waals surface area (Å²) >= 11 is 0. The van der Waals surface area contributed by atoms with Gasteiger partial charge in [0.05, 0.1) is 18.9 Å². The predicted octanol–water partition coefficient (Wildman–Crippen LogP) is 2.57. The number of hydrogen-bond donors (Lipinski definition) is 1. The molecular weight excluding hydrogens is 354 g/mol. The Labute approximate surface area is 163 Å². The van der Waals surface area contributed by atoms with Crippen LogP contribution in [-0.4, -0.2) is 52.1 Å². The van der Waals surface area contributed by atoms with Gasteiger partial charge in [0.15, 0.2) is 0 Å². The van der Waals surface area contributed by atoms with Crippen LogP contribution < -0.4 is 5.73 Å². The second-order valence-corrected chi connectivity index (χ2v) is 6.64. The number of nitrogen functional groups attached to an aromatic ring is 1. The molecule has 1 aliphatic rings. The molecule has 0 atom stereocenters. The number of anilines is 1. The molecule has 1 aromatic carbocycles. The molecule has 3 heterocycles. The Kier molecular flexibility index (Phi) is 4.99. The van der Waals surface area contributed by atoms with Crippen molar-refractivity contribution >= 4 is 11.7 Å². The predicted molar refractivity (Wildman–Crippen MR) is 107 cm³/mol. The number of nitrogens with zero attached hydrogens (tertiary/aromatic N) is 4. The number of nitrogens with two attached hydrogens (primary N) is 1. The summed E-state index contributed by atoms with van der Waals surface area (Å²) in [5.41, 5.74) is 10.6. The Bertz CT molecular complexity index is 998. The third-order valence-electron chi connectivity index (χ3n) is 4.79. The fourth-order valence-electron chi connectivity index (χ4n) is 3.34. The second-order valence-electron chi connectivity index (χ2n) is 6.64. The monoisotopic (exact) mass is 375 g/mol. The highest BCUT2D eigenvalue weighted by Gasteiger charge is 2.20. The molecule has 4 rings (SSSR count). The summed E-state index contributed by atoms with van der Waals surface area (Å²) < 4.78 is 5.34. The van der Waals surface area contributed by atoms with Gasteiger partial charge in [0.1, 0.15) is 12.1 Å². The van der Waals surface area contributed by atoms with Gasteiger partial charge in [-0.2, -0.15) is 0 Å². The quantitative estimate of drug-likeness (QED) is 0.756. The molecule has 1 fully saturated rings. The third-order valence-corrected chi connectivity index (χ3v) is 4.79. The van der Waals surface area contributed by atoms with Gasteiger partial charge in [-0.15, -0.1) is 0 Å². The maximum absolute atomic E-state index is 12.9. The highest BCUT2D eigenvalue weighted by atomic mass is 16.5. The van der Waals surface area contributed by atoms with Crippen molar-refractivity contribution in [3.05, 3.63) is 60.2 Å². The first-order chi connectivity index (χ1) is 13.6. The van der Waals surface area contributed by atoms with E-state index in [4.69, 9.17) is 10.5 Å². The largest absolute Gasteiger partial charge is 0.384 e. The number of amides is 1. The average Bonchev–Trinajstić information content (AvgIpc) is 2.74. The van der Waals surface area contributed by atoms with Gasteiger partial charge in [-0.05, 0) is 31.2 Å². The van der Waals surface area contributed by atoms with E-state index in [-0.39, 0.29) is 5.91 Å². The van der Waals surface area contributed by atoms with Crippen molar-refractivity contribution in [3.8, 4) is 22.4 Å². The zero-order valence-electron chi connectivity index (χ0n) is 15.6. The van der Waals surface area contributed by atoms with Gasteiger partial charge in [0.2, 0.25) is 0 Å². The van der Waals surface area contributed by atoms with Crippen molar-refractivity contribution in [1.29, 1.82) is 0 Å². The number of benzene rings is 1. The lowest BCUT2D eigenvalue weighted by atomic mass is 9.98. The number of aromatic nitrogens is 3. The molecule has 1 saturated heterocycles. The number of carbonyl (C=O) groups excluding carboxylic acids is 1. The van der Waals surface area contributed by atoms with Gasteiger partial charge in [0.25, 0.3) is 5.91 Å². The summed E-state index contributed by atoms with van der Waals surface area (Å²) in [4.78, 5) is 27.7. The smallest absolute Gasteiger partial charge is 0.254 e. The number of aryl methyl sites for hydroxylation is 1. The standard InChI is InChI=1S/C21H21N5O2/c1-14-19(17-5-6-18(22)23-12-17)20(25-13-24-14)15-3-2-4-16(11-15)21(27)26-7-9-28-10-8-26/h2-6,11-13H,7-10H2,1H3,(H2,22,23). The lowest BCUT2D eigenvalue weighted by molar-refractivity contribution is 0.0303. The molecule has 0 bridgehead atoms. The van der Waals surface area contributed by atoms with E-state index < -0.39 is 0 Å². The molecular formula is C21H21N5O2. The molecule has 142 valence electrons. The summed E-state index contributed by atoms with van der Waals surface area (Å²) in [6.45, 7) is 4.30. The van der Waals surface area contributed by atoms with Crippen molar-refractivity contribution in [2.24, 2.45) is 0 Å². The molecule has 2 aromatic heterocycles. The lowest BCUT2D eigenvalue weighted by Gasteiger charge is -2.27. The normalized spacial score (nSPS) is 14.1. The first-order valence-corrected chi connectivity index (χ1v) is 9.14. The van der Waals surface area contributed by atoms with Crippen molar-refractivity contribution in [2.45, 2.75) is 6.92 Å². The van der Waals surface area contributed by atoms with Crippen LogP contribution in [0.3, 0.4) is 0 Å². The van der Waals surface area contributed by atoms with Crippen LogP contribution in [0.5, 0.6) is 0 Å². The molecule has 2 N–H and O–H groups in total. The number of morpholine rings is 1. The molecule has 1 aliphatic heterocycles. The Hall–Kier alpha value is -3.32. The fourth-order valence-corrected chi connectivity index (χ4v) is 3.34. The van der Waals surface area contributed by atoms with E-state index in [1.54, 1.807) is 12.3 Å². The SMILES string of the molecule is Cc1ncnc(-c2cccc(C(=O)N3CCOCC3)c2)c1-c1ccc(N)nc1. The van der Waals surface area contributed by atoms with Crippen LogP contribution in [0.15, 0.2) is 48.9 Å². The Morgan fingerprint density at radius 3 is 2.64 bits per heavy atom. The van der Waals surface area contributed by atoms with Crippen LogP contribution in [0.1, 0.15) is 16.1 Å². The van der Waals surface area contributed by atoms with Crippen LogP contribution in [0.4, 0.5) is 5.82 Å². The first-order valence-electron chi connectivity index (χ1n) is 9.14. The molecule has 0 unspecified atom stereocenters. The Morgan fingerprint density at radius 2 is 1.89 bits per heavy atom. The summed E-state index contributed by atoms with van der Waals surface area (Å²) in [6, 6.07) is 11.2. The van der Waals surface area contributed by atoms with Crippen LogP contribution >= 0.6 is 0 Å². The van der Waals surface area contributed by atoms with Crippen LogP contribution in [-0.2, 0) is 4.74 Å². The molecule has 0 saturated carbocycles. The van der Waals surface area contributed by atoms with Gasteiger partial charge in [-0.25, -0.2) is 15.0 Å². The summed E-state index contributed by atoms with van der Waals surface area (Å²) in [7, 11) is 0. The number of rotatable bonds is 3. The Balaban J connectivity index is 1.75. The van der Waals surface area contributed by atoms with Crippen molar-refractivity contribution in [2.75, 3.05) is 32.0 Å². The topological polar surface area (TPSA) is 94.2 Å². The highest BCUT2D eigenvalue weighted by molar-refractivity contribution is 5.96. The fraction of sp³-hybridized carbons (Fsp3) is 0.238. The van der Waals surface area contributed by atoms with E-state index in [9.17, 15) is 4.79 Å². The lowest BCUT2D eigenvalue weighted by Crippen LogP contribution is -2.40. The molecule has 28 heavy (non-hydrogen) atoms. The molecule has 7 nitrogen and oxygen atoms in total. The summed E-state index contributed by atoms with van der Waals surface area (Å²) in [6.07, 6.45) is 3.25. The first kappa shape index (κ1) is 18.1. The molecule has 3 aromatic rings. The minimum absolute atomic E-state index is 0.00614. The van der Waals surface area contributed by atoms with E-state index >= 15 is 0 Å². The summed E-state index contributed by atoms with van der Waals surface area (Å²) in [5.74, 6) is 0.463. The number of hydrogen-bond acceptors (Lipinski definition) is 6. The van der Waals surface area contributed by atoms with Gasteiger partial charge in [0, 0.05) is 47.2 Å². The van der Waals surface area contributed by atoms with E-state index in [2.05, 4.69) is 15.0 Å². The zero-order chi connectivity index (χ0) is 19.5. The second kappa shape index (κ2) is 7.74. The van der Waals surface area contributed by atoms with Gasteiger partial charge >= 0.3 is 0 Å². The number of pyridine rings is 1. The molecule has 0 spiro atoms. The third kappa shape index (κ3) is 3.57. The molecule has 0 radical (unpaired) electrons. The van der Waals surface area contributed by atoms with Gasteiger partial charge in [-0.3, -0.25) is 4.79 Å². The number of ether oxygens (including phenoxy) is 1. The van der Waals surface area contributed by atoms with Gasteiger partial charge in [-0.1, -0.05) is 12.1 Å². The molecule has 0 aliphatic carbocycles. The Morgan fingerprint density at radius 1 is 1.07 bits per heavy atom. The van der Waals surface area contributed by atoms with E-state index in [1.807, 2.05) is 42.2 Å². The molecule has 1 amide bonds. The van der Waals surface area contributed by atoms with E-state index in [0.29, 0.717) is 37.7 Å². The zero-order valence-corrected chi connectivity index (χ0v) is 15.6. The maximum Gasteiger partial charge on any atom is 0.254 e. The van der Waals surface area contributed by atoms with E-state index in [0.717, 1.165) is 28.1 Å². The van der Waals surface area contributed by atoms with Crippen molar-refractivity contribution in [1.82, 2.24) is 19.9 Å². The number of carbonyl (C=O) groups is 1. The van der Waals surface area contributed by atoms with E-state index in [1.165, 1.54) is 6.33 Å². The maximum atomic E-state index is 12.9. The average molecular weight is 375 g/mol. The van der Waals surface area contributed by atoms with Crippen LogP contribution in [0.2, 0.25) is 0 Å². The summed E-state index contributed by atoms with van der Waals surface area (Å²) in [5, 5.41) is 0. The van der Waals surface area contributed by atoms with Crippen molar-refractivity contribution in [3.63, 3.8) is 0 Å². The van der Waals surface area contributed by atoms with Crippen LogP contribution in [0.25, 0.3) is 22.4 Å². The highest BCUT2D eigenvalue weighted by Crippen LogP contribution is 2.32. The van der Waals surface area contributed by atoms with Gasteiger partial charge < -0.3 is 15.4 Å². The minimum atomic E-state index is 0.00614. The van der Waals surface area contributed by atoms with Crippen LogP contribution in [0, 0.1) is 6.92 Å².